The number of carbonyl (C=O) groups is 1. The van der Waals surface area contributed by atoms with Crippen molar-refractivity contribution in [2.75, 3.05) is 43.1 Å². The molecule has 0 unspecified atom stereocenters. The molecule has 0 radical (unpaired) electrons. The molecule has 2 heterocycles. The van der Waals surface area contributed by atoms with Crippen LogP contribution in [0.3, 0.4) is 0 Å². The van der Waals surface area contributed by atoms with Gasteiger partial charge < -0.3 is 15.0 Å². The molecular weight excluding hydrogens is 314 g/mol. The van der Waals surface area contributed by atoms with Crippen LogP contribution in [0, 0.1) is 0 Å². The van der Waals surface area contributed by atoms with Crippen LogP contribution in [0.15, 0.2) is 48.5 Å². The molecule has 1 saturated heterocycles. The lowest BCUT2D eigenvalue weighted by molar-refractivity contribution is -0.116. The highest BCUT2D eigenvalue weighted by atomic mass is 16.5. The van der Waals surface area contributed by atoms with Crippen LogP contribution in [0.1, 0.15) is 12.0 Å². The van der Waals surface area contributed by atoms with Gasteiger partial charge in [-0.1, -0.05) is 24.3 Å². The minimum Gasteiger partial charge on any atom is -0.478 e. The number of ether oxygens (including phenoxy) is 1. The van der Waals surface area contributed by atoms with Crippen LogP contribution in [-0.2, 0) is 11.2 Å². The van der Waals surface area contributed by atoms with Crippen LogP contribution < -0.4 is 15.0 Å². The van der Waals surface area contributed by atoms with E-state index < -0.39 is 0 Å². The lowest BCUT2D eigenvalue weighted by atomic mass is 10.0. The number of nitrogens with one attached hydrogen (secondary N) is 1. The van der Waals surface area contributed by atoms with Gasteiger partial charge in [0, 0.05) is 49.5 Å². The fourth-order valence-corrected chi connectivity index (χ4v) is 3.46. The summed E-state index contributed by atoms with van der Waals surface area (Å²) in [5.74, 6) is 0.977. The lowest BCUT2D eigenvalue weighted by Crippen LogP contribution is -2.47. The largest absolute Gasteiger partial charge is 0.478 e. The molecule has 0 atom stereocenters. The van der Waals surface area contributed by atoms with Crippen molar-refractivity contribution in [3.8, 4) is 5.75 Å². The van der Waals surface area contributed by atoms with Crippen LogP contribution in [-0.4, -0.2) is 43.7 Å². The number of hydrogen-bond donors (Lipinski definition) is 1. The fourth-order valence-electron chi connectivity index (χ4n) is 3.46. The smallest absolute Gasteiger partial charge is 0.224 e. The van der Waals surface area contributed by atoms with E-state index in [9.17, 15) is 4.79 Å². The number of hydrogen-bond acceptors (Lipinski definition) is 4. The molecule has 2 aliphatic rings. The van der Waals surface area contributed by atoms with Crippen molar-refractivity contribution in [2.24, 2.45) is 0 Å². The summed E-state index contributed by atoms with van der Waals surface area (Å²) in [6.45, 7) is 4.58. The molecule has 0 aliphatic carbocycles. The first-order chi connectivity index (χ1) is 12.3. The third-order valence-corrected chi connectivity index (χ3v) is 4.91. The highest BCUT2D eigenvalue weighted by molar-refractivity contribution is 5.94. The second kappa shape index (κ2) is 7.15. The minimum atomic E-state index is 0.0849. The second-order valence-corrected chi connectivity index (χ2v) is 6.54. The standard InChI is InChI=1S/C20H23N3O2/c24-20-10-9-17-18(21-20)7-4-8-19(17)25-15-22-11-13-23(14-12-22)16-5-2-1-3-6-16/h1-8H,9-15H2,(H,21,24). The Balaban J connectivity index is 1.33. The molecule has 0 bridgehead atoms. The molecule has 2 aromatic carbocycles. The maximum absolute atomic E-state index is 11.5. The summed E-state index contributed by atoms with van der Waals surface area (Å²) in [5.41, 5.74) is 3.30. The first kappa shape index (κ1) is 16.0. The average molecular weight is 337 g/mol. The van der Waals surface area contributed by atoms with Crippen molar-refractivity contribution < 1.29 is 9.53 Å². The molecule has 0 aromatic heterocycles. The quantitative estimate of drug-likeness (QED) is 0.932. The molecule has 1 N–H and O–H groups in total. The molecule has 25 heavy (non-hydrogen) atoms. The van der Waals surface area contributed by atoms with E-state index >= 15 is 0 Å². The van der Waals surface area contributed by atoms with Gasteiger partial charge in [-0.05, 0) is 30.7 Å². The number of fused-ring (bicyclic) bond motifs is 1. The van der Waals surface area contributed by atoms with E-state index in [4.69, 9.17) is 4.74 Å². The van der Waals surface area contributed by atoms with Gasteiger partial charge in [-0.15, -0.1) is 0 Å². The van der Waals surface area contributed by atoms with Gasteiger partial charge in [0.25, 0.3) is 0 Å². The normalized spacial score (nSPS) is 17.8. The zero-order chi connectivity index (χ0) is 17.1. The van der Waals surface area contributed by atoms with E-state index in [0.29, 0.717) is 13.2 Å². The van der Waals surface area contributed by atoms with Gasteiger partial charge in [0.2, 0.25) is 5.91 Å². The summed E-state index contributed by atoms with van der Waals surface area (Å²) in [6, 6.07) is 16.4. The van der Waals surface area contributed by atoms with Crippen LogP contribution in [0.25, 0.3) is 0 Å². The molecule has 1 amide bonds. The van der Waals surface area contributed by atoms with Crippen molar-refractivity contribution in [2.45, 2.75) is 12.8 Å². The maximum Gasteiger partial charge on any atom is 0.224 e. The molecule has 0 saturated carbocycles. The predicted octanol–water partition coefficient (Wildman–Crippen LogP) is 2.73. The van der Waals surface area contributed by atoms with E-state index in [1.54, 1.807) is 0 Å². The summed E-state index contributed by atoms with van der Waals surface area (Å²) in [7, 11) is 0. The summed E-state index contributed by atoms with van der Waals surface area (Å²) in [6.07, 6.45) is 1.28. The van der Waals surface area contributed by atoms with Crippen molar-refractivity contribution in [1.29, 1.82) is 0 Å². The van der Waals surface area contributed by atoms with Gasteiger partial charge in [-0.25, -0.2) is 0 Å². The third kappa shape index (κ3) is 3.61. The van der Waals surface area contributed by atoms with Gasteiger partial charge in [0.15, 0.2) is 0 Å². The van der Waals surface area contributed by atoms with Crippen molar-refractivity contribution >= 4 is 17.3 Å². The highest BCUT2D eigenvalue weighted by Gasteiger charge is 2.20. The Morgan fingerprint density at radius 3 is 2.52 bits per heavy atom. The molecule has 5 nitrogen and oxygen atoms in total. The van der Waals surface area contributed by atoms with Crippen molar-refractivity contribution in [1.82, 2.24) is 4.90 Å². The van der Waals surface area contributed by atoms with E-state index in [2.05, 4.69) is 45.4 Å². The SMILES string of the molecule is O=C1CCc2c(cccc2OCN2CCN(c3ccccc3)CC2)N1. The molecule has 2 aromatic rings. The number of rotatable bonds is 4. The summed E-state index contributed by atoms with van der Waals surface area (Å²) in [5, 5.41) is 2.92. The van der Waals surface area contributed by atoms with E-state index in [1.807, 2.05) is 18.2 Å². The fraction of sp³-hybridized carbons (Fsp3) is 0.350. The first-order valence-electron chi connectivity index (χ1n) is 8.86. The molecule has 130 valence electrons. The summed E-state index contributed by atoms with van der Waals surface area (Å²) < 4.78 is 6.08. The van der Waals surface area contributed by atoms with Gasteiger partial charge in [0.1, 0.15) is 12.5 Å². The molecule has 5 heteroatoms. The zero-order valence-corrected chi connectivity index (χ0v) is 14.3. The van der Waals surface area contributed by atoms with Gasteiger partial charge in [0.05, 0.1) is 0 Å². The maximum atomic E-state index is 11.5. The number of carbonyl (C=O) groups excluding carboxylic acids is 1. The Bertz CT molecular complexity index is 740. The van der Waals surface area contributed by atoms with Gasteiger partial charge in [-0.3, -0.25) is 9.69 Å². The predicted molar refractivity (Wildman–Crippen MR) is 99.1 cm³/mol. The Hall–Kier alpha value is -2.53. The molecular formula is C20H23N3O2. The van der Waals surface area contributed by atoms with Crippen LogP contribution in [0.5, 0.6) is 5.75 Å². The monoisotopic (exact) mass is 337 g/mol. The van der Waals surface area contributed by atoms with Crippen molar-refractivity contribution in [3.05, 3.63) is 54.1 Å². The van der Waals surface area contributed by atoms with Gasteiger partial charge >= 0.3 is 0 Å². The Kier molecular flexibility index (Phi) is 4.57. The number of nitrogens with zero attached hydrogens (tertiary/aromatic N) is 2. The van der Waals surface area contributed by atoms with E-state index in [0.717, 1.165) is 49.6 Å². The second-order valence-electron chi connectivity index (χ2n) is 6.54. The topological polar surface area (TPSA) is 44.8 Å². The molecule has 1 fully saturated rings. The minimum absolute atomic E-state index is 0.0849. The number of piperazine rings is 1. The Labute approximate surface area is 148 Å². The van der Waals surface area contributed by atoms with E-state index in [1.165, 1.54) is 5.69 Å². The highest BCUT2D eigenvalue weighted by Crippen LogP contribution is 2.31. The third-order valence-electron chi connectivity index (χ3n) is 4.91. The number of para-hydroxylation sites is 1. The first-order valence-corrected chi connectivity index (χ1v) is 8.86. The van der Waals surface area contributed by atoms with Crippen LogP contribution in [0.2, 0.25) is 0 Å². The molecule has 2 aliphatic heterocycles. The lowest BCUT2D eigenvalue weighted by Gasteiger charge is -2.36. The van der Waals surface area contributed by atoms with Gasteiger partial charge in [-0.2, -0.15) is 0 Å². The molecule has 0 spiro atoms. The Morgan fingerprint density at radius 1 is 0.920 bits per heavy atom. The Morgan fingerprint density at radius 2 is 1.72 bits per heavy atom. The van der Waals surface area contributed by atoms with E-state index in [-0.39, 0.29) is 5.91 Å². The summed E-state index contributed by atoms with van der Waals surface area (Å²) >= 11 is 0. The average Bonchev–Trinajstić information content (AvgIpc) is 2.67. The summed E-state index contributed by atoms with van der Waals surface area (Å²) in [4.78, 5) is 16.3. The van der Waals surface area contributed by atoms with Crippen LogP contribution >= 0.6 is 0 Å². The number of amides is 1. The van der Waals surface area contributed by atoms with Crippen molar-refractivity contribution in [3.63, 3.8) is 0 Å². The number of benzene rings is 2. The zero-order valence-electron chi connectivity index (χ0n) is 14.3. The molecule has 4 rings (SSSR count). The van der Waals surface area contributed by atoms with Crippen LogP contribution in [0.4, 0.5) is 11.4 Å². The number of anilines is 2.